The van der Waals surface area contributed by atoms with Gasteiger partial charge >= 0.3 is 11.9 Å². The number of hydrogen-bond acceptors (Lipinski definition) is 5. The lowest BCUT2D eigenvalue weighted by Crippen LogP contribution is -2.41. The molecule has 1 atom stereocenters. The van der Waals surface area contributed by atoms with E-state index in [2.05, 4.69) is 6.92 Å². The Bertz CT molecular complexity index is 396. The summed E-state index contributed by atoms with van der Waals surface area (Å²) in [5, 5.41) is 14.8. The minimum absolute atomic E-state index is 0.0831. The predicted octanol–water partition coefficient (Wildman–Crippen LogP) is -0.838. The fraction of sp³-hybridized carbons (Fsp3) is 0.800. The quantitative estimate of drug-likeness (QED) is 0.577. The fourth-order valence-electron chi connectivity index (χ4n) is 1.68. The highest BCUT2D eigenvalue weighted by Gasteiger charge is 2.25. The van der Waals surface area contributed by atoms with Crippen molar-refractivity contribution in [2.24, 2.45) is 11.7 Å². The van der Waals surface area contributed by atoms with E-state index in [1.165, 1.54) is 0 Å². The molecule has 0 aliphatic carbocycles. The zero-order valence-electron chi connectivity index (χ0n) is 10.8. The van der Waals surface area contributed by atoms with E-state index >= 15 is 0 Å². The van der Waals surface area contributed by atoms with Gasteiger partial charge in [0, 0.05) is 19.6 Å². The topological polar surface area (TPSA) is 138 Å². The van der Waals surface area contributed by atoms with Crippen molar-refractivity contribution in [2.75, 3.05) is 25.4 Å². The monoisotopic (exact) mass is 296 g/mol. The molecule has 0 aromatic heterocycles. The summed E-state index contributed by atoms with van der Waals surface area (Å²) in [6.07, 6.45) is 2.11. The Kier molecular flexibility index (Phi) is 7.57. The third kappa shape index (κ3) is 7.09. The number of nitrogens with two attached hydrogens (primary N) is 1. The molecule has 1 rings (SSSR count). The lowest BCUT2D eigenvalue weighted by Gasteiger charge is -2.29. The Labute approximate surface area is 112 Å². The lowest BCUT2D eigenvalue weighted by molar-refractivity contribution is -0.159. The zero-order valence-corrected chi connectivity index (χ0v) is 11.6. The van der Waals surface area contributed by atoms with Crippen LogP contribution in [0.25, 0.3) is 0 Å². The van der Waals surface area contributed by atoms with E-state index in [-0.39, 0.29) is 12.3 Å². The van der Waals surface area contributed by atoms with E-state index in [4.69, 9.17) is 25.5 Å². The third-order valence-corrected chi connectivity index (χ3v) is 4.44. The summed E-state index contributed by atoms with van der Waals surface area (Å²) in [5.41, 5.74) is 5.25. The number of sulfonamides is 1. The van der Waals surface area contributed by atoms with Crippen LogP contribution in [-0.4, -0.2) is 60.3 Å². The van der Waals surface area contributed by atoms with Crippen LogP contribution < -0.4 is 5.73 Å². The molecule has 0 spiro atoms. The second-order valence-electron chi connectivity index (χ2n) is 4.32. The zero-order chi connectivity index (χ0) is 15.1. The minimum atomic E-state index is -3.06. The molecule has 0 amide bonds. The van der Waals surface area contributed by atoms with Crippen LogP contribution in [0.15, 0.2) is 0 Å². The molecule has 1 aliphatic heterocycles. The molecule has 1 fully saturated rings. The Morgan fingerprint density at radius 3 is 2.21 bits per heavy atom. The van der Waals surface area contributed by atoms with E-state index in [0.717, 1.165) is 12.8 Å². The smallest absolute Gasteiger partial charge is 0.414 e. The predicted molar refractivity (Wildman–Crippen MR) is 68.1 cm³/mol. The maximum atomic E-state index is 11.6. The van der Waals surface area contributed by atoms with Crippen LogP contribution in [0.2, 0.25) is 0 Å². The van der Waals surface area contributed by atoms with Gasteiger partial charge in [0.15, 0.2) is 0 Å². The van der Waals surface area contributed by atoms with Gasteiger partial charge in [0.2, 0.25) is 10.0 Å². The van der Waals surface area contributed by atoms with Crippen LogP contribution in [0.5, 0.6) is 0 Å². The van der Waals surface area contributed by atoms with E-state index in [1.54, 1.807) is 4.31 Å². The molecule has 19 heavy (non-hydrogen) atoms. The number of piperidine rings is 1. The van der Waals surface area contributed by atoms with Gasteiger partial charge < -0.3 is 15.9 Å². The van der Waals surface area contributed by atoms with Gasteiger partial charge in [0.25, 0.3) is 0 Å². The summed E-state index contributed by atoms with van der Waals surface area (Å²) in [6, 6.07) is 0. The molecule has 112 valence electrons. The fourth-order valence-corrected chi connectivity index (χ4v) is 3.12. The molecule has 9 heteroatoms. The van der Waals surface area contributed by atoms with Crippen LogP contribution >= 0.6 is 0 Å². The molecule has 0 saturated carbocycles. The molecular formula is C10H20N2O6S. The second-order valence-corrected chi connectivity index (χ2v) is 6.41. The third-order valence-electron chi connectivity index (χ3n) is 2.57. The lowest BCUT2D eigenvalue weighted by atomic mass is 10.0. The number of hydrogen-bond donors (Lipinski definition) is 3. The molecule has 1 unspecified atom stereocenters. The Hall–Kier alpha value is -1.19. The number of rotatable bonds is 3. The van der Waals surface area contributed by atoms with E-state index in [9.17, 15) is 8.42 Å². The van der Waals surface area contributed by atoms with Crippen molar-refractivity contribution >= 4 is 22.0 Å². The molecular weight excluding hydrogens is 276 g/mol. The Balaban J connectivity index is 0.000000459. The van der Waals surface area contributed by atoms with Crippen molar-refractivity contribution in [1.29, 1.82) is 0 Å². The van der Waals surface area contributed by atoms with E-state index in [1.807, 2.05) is 0 Å². The molecule has 4 N–H and O–H groups in total. The summed E-state index contributed by atoms with van der Waals surface area (Å²) in [6.45, 7) is 3.65. The van der Waals surface area contributed by atoms with Crippen molar-refractivity contribution in [2.45, 2.75) is 19.8 Å². The molecule has 0 bridgehead atoms. The van der Waals surface area contributed by atoms with Gasteiger partial charge in [-0.05, 0) is 18.8 Å². The highest BCUT2D eigenvalue weighted by Crippen LogP contribution is 2.18. The molecule has 1 heterocycles. The number of carboxylic acids is 2. The number of nitrogens with zero attached hydrogens (tertiary/aromatic N) is 1. The number of aliphatic carboxylic acids is 2. The van der Waals surface area contributed by atoms with Gasteiger partial charge in [-0.25, -0.2) is 22.3 Å². The van der Waals surface area contributed by atoms with Crippen LogP contribution in [-0.2, 0) is 19.6 Å². The first-order valence-corrected chi connectivity index (χ1v) is 7.45. The van der Waals surface area contributed by atoms with Crippen molar-refractivity contribution in [1.82, 2.24) is 4.31 Å². The van der Waals surface area contributed by atoms with Gasteiger partial charge in [-0.1, -0.05) is 6.92 Å². The standard InChI is InChI=1S/C8H18N2O2S.C2H2O4/c1-8-3-2-5-10(7-8)13(11,12)6-4-9;3-1(4)2(5)6/h8H,2-7,9H2,1H3;(H,3,4)(H,5,6). The first-order valence-electron chi connectivity index (χ1n) is 5.84. The second kappa shape index (κ2) is 8.08. The van der Waals surface area contributed by atoms with E-state index in [0.29, 0.717) is 19.0 Å². The average Bonchev–Trinajstić information content (AvgIpc) is 2.29. The molecule has 8 nitrogen and oxygen atoms in total. The normalized spacial score (nSPS) is 20.2. The Morgan fingerprint density at radius 2 is 1.84 bits per heavy atom. The van der Waals surface area contributed by atoms with Gasteiger partial charge in [-0.15, -0.1) is 0 Å². The van der Waals surface area contributed by atoms with Gasteiger partial charge in [-0.2, -0.15) is 0 Å². The van der Waals surface area contributed by atoms with Gasteiger partial charge in [0.1, 0.15) is 0 Å². The van der Waals surface area contributed by atoms with Crippen molar-refractivity contribution < 1.29 is 28.2 Å². The first-order chi connectivity index (χ1) is 8.70. The van der Waals surface area contributed by atoms with Gasteiger partial charge in [0.05, 0.1) is 5.75 Å². The van der Waals surface area contributed by atoms with Crippen LogP contribution in [0.1, 0.15) is 19.8 Å². The van der Waals surface area contributed by atoms with Crippen LogP contribution in [0.3, 0.4) is 0 Å². The van der Waals surface area contributed by atoms with E-state index < -0.39 is 22.0 Å². The molecule has 0 radical (unpaired) electrons. The highest BCUT2D eigenvalue weighted by molar-refractivity contribution is 7.89. The summed E-state index contributed by atoms with van der Waals surface area (Å²) in [5.74, 6) is -3.08. The van der Waals surface area contributed by atoms with Crippen molar-refractivity contribution in [3.63, 3.8) is 0 Å². The summed E-state index contributed by atoms with van der Waals surface area (Å²) in [4.78, 5) is 18.2. The van der Waals surface area contributed by atoms with Crippen molar-refractivity contribution in [3.8, 4) is 0 Å². The number of carbonyl (C=O) groups is 2. The summed E-state index contributed by atoms with van der Waals surface area (Å²) in [7, 11) is -3.06. The minimum Gasteiger partial charge on any atom is -0.473 e. The largest absolute Gasteiger partial charge is 0.473 e. The maximum Gasteiger partial charge on any atom is 0.414 e. The molecule has 0 aromatic rings. The first kappa shape index (κ1) is 17.8. The highest BCUT2D eigenvalue weighted by atomic mass is 32.2. The maximum absolute atomic E-state index is 11.6. The summed E-state index contributed by atoms with van der Waals surface area (Å²) >= 11 is 0. The molecule has 1 saturated heterocycles. The summed E-state index contributed by atoms with van der Waals surface area (Å²) < 4.78 is 24.7. The molecule has 0 aromatic carbocycles. The average molecular weight is 296 g/mol. The molecule has 1 aliphatic rings. The van der Waals surface area contributed by atoms with Crippen LogP contribution in [0, 0.1) is 5.92 Å². The van der Waals surface area contributed by atoms with Gasteiger partial charge in [-0.3, -0.25) is 0 Å². The number of carboxylic acid groups (broad SMARTS) is 2. The SMILES string of the molecule is CC1CCCN(S(=O)(=O)CCN)C1.O=C(O)C(=O)O. The Morgan fingerprint density at radius 1 is 1.32 bits per heavy atom. The van der Waals surface area contributed by atoms with Crippen LogP contribution in [0.4, 0.5) is 0 Å². The van der Waals surface area contributed by atoms with Crippen molar-refractivity contribution in [3.05, 3.63) is 0 Å².